The third-order valence-electron chi connectivity index (χ3n) is 5.03. The number of halogens is 2. The van der Waals surface area contributed by atoms with Gasteiger partial charge in [-0.05, 0) is 25.0 Å². The standard InChI is InChI=1S/C18H27ClN6O3S.HI/c1-20-18(22-8-4-16(26)23-14-6-10-29(27,28)12-14)24-13-5-9-25(11-13)17-15(19)3-2-7-21-17;/h2-3,7,13-14H,4-6,8-12H2,1H3,(H,23,26)(H2,20,22,24);1H. The van der Waals surface area contributed by atoms with Gasteiger partial charge in [0.25, 0.3) is 0 Å². The average Bonchev–Trinajstić information content (AvgIpc) is 3.27. The van der Waals surface area contributed by atoms with Crippen LogP contribution in [-0.2, 0) is 14.6 Å². The van der Waals surface area contributed by atoms with E-state index in [-0.39, 0.29) is 59.9 Å². The first-order chi connectivity index (χ1) is 13.9. The number of carbonyl (C=O) groups is 1. The SMILES string of the molecule is CN=C(NCCC(=O)NC1CCS(=O)(=O)C1)NC1CCN(c2ncccc2Cl)C1.I. The quantitative estimate of drug-likeness (QED) is 0.263. The smallest absolute Gasteiger partial charge is 0.222 e. The second kappa shape index (κ2) is 11.3. The fourth-order valence-corrected chi connectivity index (χ4v) is 5.49. The highest BCUT2D eigenvalue weighted by Gasteiger charge is 2.29. The summed E-state index contributed by atoms with van der Waals surface area (Å²) in [5.74, 6) is 1.43. The first-order valence-electron chi connectivity index (χ1n) is 9.69. The van der Waals surface area contributed by atoms with Crippen LogP contribution >= 0.6 is 35.6 Å². The molecular formula is C18H28ClIN6O3S. The van der Waals surface area contributed by atoms with Crippen molar-refractivity contribution in [1.82, 2.24) is 20.9 Å². The summed E-state index contributed by atoms with van der Waals surface area (Å²) < 4.78 is 22.9. The summed E-state index contributed by atoms with van der Waals surface area (Å²) in [6, 6.07) is 3.56. The Kier molecular flexibility index (Phi) is 9.41. The molecule has 3 rings (SSSR count). The fraction of sp³-hybridized carbons (Fsp3) is 0.611. The normalized spacial score (nSPS) is 23.0. The summed E-state index contributed by atoms with van der Waals surface area (Å²) in [6.45, 7) is 2.01. The van der Waals surface area contributed by atoms with Crippen molar-refractivity contribution in [3.8, 4) is 0 Å². The highest BCUT2D eigenvalue weighted by molar-refractivity contribution is 14.0. The molecule has 2 saturated heterocycles. The number of pyridine rings is 1. The minimum Gasteiger partial charge on any atom is -0.356 e. The highest BCUT2D eigenvalue weighted by Crippen LogP contribution is 2.25. The second-order valence-corrected chi connectivity index (χ2v) is 9.94. The molecule has 12 heteroatoms. The van der Waals surface area contributed by atoms with E-state index in [9.17, 15) is 13.2 Å². The molecule has 9 nitrogen and oxygen atoms in total. The molecule has 2 aliphatic rings. The van der Waals surface area contributed by atoms with E-state index in [1.54, 1.807) is 13.2 Å². The lowest BCUT2D eigenvalue weighted by Crippen LogP contribution is -2.46. The molecule has 0 radical (unpaired) electrons. The van der Waals surface area contributed by atoms with Gasteiger partial charge in [0.1, 0.15) is 5.82 Å². The lowest BCUT2D eigenvalue weighted by molar-refractivity contribution is -0.121. The number of carbonyl (C=O) groups excluding carboxylic acids is 1. The van der Waals surface area contributed by atoms with Crippen LogP contribution < -0.4 is 20.9 Å². The molecule has 3 heterocycles. The van der Waals surface area contributed by atoms with Crippen LogP contribution in [0.4, 0.5) is 5.82 Å². The number of hydrogen-bond donors (Lipinski definition) is 3. The van der Waals surface area contributed by atoms with Crippen molar-refractivity contribution in [2.24, 2.45) is 4.99 Å². The van der Waals surface area contributed by atoms with E-state index in [2.05, 4.69) is 30.8 Å². The maximum atomic E-state index is 12.0. The van der Waals surface area contributed by atoms with E-state index in [1.807, 2.05) is 12.1 Å². The minimum atomic E-state index is -3.00. The molecule has 0 bridgehead atoms. The minimum absolute atomic E-state index is 0. The van der Waals surface area contributed by atoms with E-state index in [1.165, 1.54) is 0 Å². The molecule has 30 heavy (non-hydrogen) atoms. The highest BCUT2D eigenvalue weighted by atomic mass is 127. The predicted octanol–water partition coefficient (Wildman–Crippen LogP) is 0.790. The number of nitrogens with one attached hydrogen (secondary N) is 3. The van der Waals surface area contributed by atoms with Crippen molar-refractivity contribution in [3.63, 3.8) is 0 Å². The molecule has 2 unspecified atom stereocenters. The Hall–Kier alpha value is -1.34. The Labute approximate surface area is 199 Å². The lowest BCUT2D eigenvalue weighted by atomic mass is 10.2. The van der Waals surface area contributed by atoms with Gasteiger partial charge in [-0.2, -0.15) is 0 Å². The van der Waals surface area contributed by atoms with Gasteiger partial charge in [-0.3, -0.25) is 9.79 Å². The maximum absolute atomic E-state index is 12.0. The fourth-order valence-electron chi connectivity index (χ4n) is 3.57. The van der Waals surface area contributed by atoms with Gasteiger partial charge >= 0.3 is 0 Å². The lowest BCUT2D eigenvalue weighted by Gasteiger charge is -2.20. The van der Waals surface area contributed by atoms with Crippen molar-refractivity contribution >= 4 is 63.1 Å². The third-order valence-corrected chi connectivity index (χ3v) is 7.10. The van der Waals surface area contributed by atoms with Gasteiger partial charge in [-0.15, -0.1) is 24.0 Å². The molecule has 0 spiro atoms. The summed E-state index contributed by atoms with van der Waals surface area (Å²) in [4.78, 5) is 22.7. The third kappa shape index (κ3) is 7.12. The largest absolute Gasteiger partial charge is 0.356 e. The number of rotatable bonds is 6. The van der Waals surface area contributed by atoms with Crippen LogP contribution in [0.2, 0.25) is 5.02 Å². The summed E-state index contributed by atoms with van der Waals surface area (Å²) in [5.41, 5.74) is 0. The topological polar surface area (TPSA) is 116 Å². The molecular weight excluding hydrogens is 543 g/mol. The Balaban J connectivity index is 0.00000320. The number of amides is 1. The molecule has 1 aromatic rings. The van der Waals surface area contributed by atoms with Crippen LogP contribution in [-0.4, -0.2) is 75.5 Å². The first kappa shape index (κ1) is 24.9. The zero-order valence-electron chi connectivity index (χ0n) is 16.8. The number of nitrogens with zero attached hydrogens (tertiary/aromatic N) is 3. The Bertz CT molecular complexity index is 869. The van der Waals surface area contributed by atoms with E-state index >= 15 is 0 Å². The summed E-state index contributed by atoms with van der Waals surface area (Å²) in [6.07, 6.45) is 3.39. The molecule has 0 aliphatic carbocycles. The predicted molar refractivity (Wildman–Crippen MR) is 130 cm³/mol. The number of anilines is 1. The van der Waals surface area contributed by atoms with Crippen LogP contribution in [0.3, 0.4) is 0 Å². The molecule has 1 aromatic heterocycles. The molecule has 168 valence electrons. The molecule has 1 amide bonds. The van der Waals surface area contributed by atoms with Gasteiger partial charge in [0.05, 0.1) is 16.5 Å². The van der Waals surface area contributed by atoms with E-state index < -0.39 is 9.84 Å². The maximum Gasteiger partial charge on any atom is 0.222 e. The molecule has 2 aliphatic heterocycles. The van der Waals surface area contributed by atoms with E-state index in [4.69, 9.17) is 11.6 Å². The number of aromatic nitrogens is 1. The number of guanidine groups is 1. The zero-order chi connectivity index (χ0) is 20.9. The van der Waals surface area contributed by atoms with Gasteiger partial charge in [0.15, 0.2) is 15.8 Å². The van der Waals surface area contributed by atoms with E-state index in [0.29, 0.717) is 23.9 Å². The van der Waals surface area contributed by atoms with Crippen LogP contribution in [0.25, 0.3) is 0 Å². The van der Waals surface area contributed by atoms with Crippen molar-refractivity contribution < 1.29 is 13.2 Å². The van der Waals surface area contributed by atoms with Gasteiger partial charge < -0.3 is 20.9 Å². The Morgan fingerprint density at radius 1 is 1.33 bits per heavy atom. The second-order valence-electron chi connectivity index (χ2n) is 7.30. The van der Waals surface area contributed by atoms with Crippen LogP contribution in [0.1, 0.15) is 19.3 Å². The average molecular weight is 571 g/mol. The molecule has 2 fully saturated rings. The van der Waals surface area contributed by atoms with Crippen LogP contribution in [0.5, 0.6) is 0 Å². The van der Waals surface area contributed by atoms with E-state index in [0.717, 1.165) is 25.3 Å². The molecule has 2 atom stereocenters. The Morgan fingerprint density at radius 3 is 2.80 bits per heavy atom. The first-order valence-corrected chi connectivity index (χ1v) is 11.9. The van der Waals surface area contributed by atoms with Crippen LogP contribution in [0.15, 0.2) is 23.3 Å². The van der Waals surface area contributed by atoms with Crippen molar-refractivity contribution in [2.45, 2.75) is 31.3 Å². The molecule has 0 aromatic carbocycles. The number of hydrogen-bond acceptors (Lipinski definition) is 6. The van der Waals surface area contributed by atoms with Gasteiger partial charge in [-0.1, -0.05) is 11.6 Å². The molecule has 3 N–H and O–H groups in total. The van der Waals surface area contributed by atoms with Crippen molar-refractivity contribution in [1.29, 1.82) is 0 Å². The van der Waals surface area contributed by atoms with Crippen molar-refractivity contribution in [2.75, 3.05) is 43.1 Å². The summed E-state index contributed by atoms with van der Waals surface area (Å²) in [7, 11) is -1.31. The summed E-state index contributed by atoms with van der Waals surface area (Å²) >= 11 is 6.23. The van der Waals surface area contributed by atoms with Gasteiger partial charge in [0.2, 0.25) is 5.91 Å². The monoisotopic (exact) mass is 570 g/mol. The van der Waals surface area contributed by atoms with Crippen LogP contribution in [0, 0.1) is 0 Å². The molecule has 0 saturated carbocycles. The zero-order valence-corrected chi connectivity index (χ0v) is 20.7. The number of aliphatic imine (C=N–C) groups is 1. The number of sulfone groups is 1. The van der Waals surface area contributed by atoms with Gasteiger partial charge in [-0.25, -0.2) is 13.4 Å². The summed E-state index contributed by atoms with van der Waals surface area (Å²) in [5, 5.41) is 9.91. The van der Waals surface area contributed by atoms with Gasteiger partial charge in [0, 0.05) is 51.4 Å². The Morgan fingerprint density at radius 2 is 2.13 bits per heavy atom. The van der Waals surface area contributed by atoms with Crippen molar-refractivity contribution in [3.05, 3.63) is 23.4 Å².